The largest absolute Gasteiger partial charge is 0.369 e. The molecule has 1 heterocycles. The molecule has 3 aromatic rings. The summed E-state index contributed by atoms with van der Waals surface area (Å²) in [4.78, 5) is 4.47. The van der Waals surface area contributed by atoms with Gasteiger partial charge in [-0.2, -0.15) is 0 Å². The molecule has 3 nitrogen and oxygen atoms in total. The van der Waals surface area contributed by atoms with E-state index in [0.29, 0.717) is 5.95 Å². The van der Waals surface area contributed by atoms with Gasteiger partial charge in [0.05, 0.1) is 17.6 Å². The summed E-state index contributed by atoms with van der Waals surface area (Å²) >= 11 is 0. The number of rotatable bonds is 3. The van der Waals surface area contributed by atoms with Gasteiger partial charge in [0.15, 0.2) is 0 Å². The van der Waals surface area contributed by atoms with Gasteiger partial charge in [-0.05, 0) is 42.2 Å². The summed E-state index contributed by atoms with van der Waals surface area (Å²) in [5.74, 6) is 0.580. The van der Waals surface area contributed by atoms with Crippen LogP contribution in [0.15, 0.2) is 42.5 Å². The Morgan fingerprint density at radius 3 is 2.60 bits per heavy atom. The van der Waals surface area contributed by atoms with E-state index in [1.54, 1.807) is 0 Å². The number of nitrogen functional groups attached to an aromatic ring is 1. The molecule has 0 saturated carbocycles. The minimum absolute atomic E-state index is 0.580. The maximum Gasteiger partial charge on any atom is 0.201 e. The van der Waals surface area contributed by atoms with E-state index in [9.17, 15) is 0 Å². The number of nitrogens with two attached hydrogens (primary N) is 1. The number of hydrogen-bond acceptors (Lipinski definition) is 2. The topological polar surface area (TPSA) is 43.8 Å². The lowest BCUT2D eigenvalue weighted by Gasteiger charge is -2.10. The van der Waals surface area contributed by atoms with Crippen LogP contribution < -0.4 is 5.73 Å². The summed E-state index contributed by atoms with van der Waals surface area (Å²) in [5, 5.41) is 0. The second-order valence-corrected chi connectivity index (χ2v) is 5.17. The van der Waals surface area contributed by atoms with Gasteiger partial charge in [0.2, 0.25) is 5.95 Å². The van der Waals surface area contributed by atoms with Crippen molar-refractivity contribution in [2.45, 2.75) is 26.8 Å². The normalized spacial score (nSPS) is 11.1. The lowest BCUT2D eigenvalue weighted by atomic mass is 10.1. The van der Waals surface area contributed by atoms with Crippen LogP contribution >= 0.6 is 0 Å². The molecule has 0 unspecified atom stereocenters. The fourth-order valence-corrected chi connectivity index (χ4v) is 2.65. The molecule has 2 aromatic carbocycles. The summed E-state index contributed by atoms with van der Waals surface area (Å²) in [7, 11) is 0. The molecule has 2 N–H and O–H groups in total. The van der Waals surface area contributed by atoms with Crippen molar-refractivity contribution in [3.63, 3.8) is 0 Å². The molecular weight excluding hydrogens is 246 g/mol. The minimum atomic E-state index is 0.580. The number of fused-ring (bicyclic) bond motifs is 1. The van der Waals surface area contributed by atoms with E-state index in [4.69, 9.17) is 5.73 Å². The minimum Gasteiger partial charge on any atom is -0.369 e. The molecule has 3 heteroatoms. The van der Waals surface area contributed by atoms with Gasteiger partial charge < -0.3 is 10.3 Å². The van der Waals surface area contributed by atoms with Gasteiger partial charge in [0.1, 0.15) is 0 Å². The van der Waals surface area contributed by atoms with E-state index < -0.39 is 0 Å². The Morgan fingerprint density at radius 1 is 1.10 bits per heavy atom. The second-order valence-electron chi connectivity index (χ2n) is 5.17. The highest BCUT2D eigenvalue weighted by molar-refractivity contribution is 5.79. The summed E-state index contributed by atoms with van der Waals surface area (Å²) in [6.07, 6.45) is 1.03. The first-order valence-electron chi connectivity index (χ1n) is 6.98. The molecule has 1 aromatic heterocycles. The van der Waals surface area contributed by atoms with E-state index in [1.165, 1.54) is 16.7 Å². The Hall–Kier alpha value is -2.29. The van der Waals surface area contributed by atoms with E-state index in [1.807, 2.05) is 0 Å². The van der Waals surface area contributed by atoms with Crippen LogP contribution in [-0.4, -0.2) is 9.55 Å². The van der Waals surface area contributed by atoms with Crippen LogP contribution in [0, 0.1) is 6.92 Å². The molecule has 20 heavy (non-hydrogen) atoms. The van der Waals surface area contributed by atoms with Gasteiger partial charge >= 0.3 is 0 Å². The molecule has 0 aliphatic rings. The SMILES string of the molecule is CCc1ccccc1Cn1c(N)nc2cc(C)ccc21. The van der Waals surface area contributed by atoms with Crippen molar-refractivity contribution < 1.29 is 0 Å². The zero-order chi connectivity index (χ0) is 14.1. The number of nitrogens with zero attached hydrogens (tertiary/aromatic N) is 2. The average molecular weight is 265 g/mol. The Labute approximate surface area is 119 Å². The highest BCUT2D eigenvalue weighted by Crippen LogP contribution is 2.21. The monoisotopic (exact) mass is 265 g/mol. The van der Waals surface area contributed by atoms with Crippen LogP contribution in [0.3, 0.4) is 0 Å². The standard InChI is InChI=1S/C17H19N3/c1-3-13-6-4-5-7-14(13)11-20-16-9-8-12(2)10-15(16)19-17(20)18/h4-10H,3,11H2,1-2H3,(H2,18,19). The van der Waals surface area contributed by atoms with Crippen LogP contribution in [0.1, 0.15) is 23.6 Å². The first-order valence-corrected chi connectivity index (χ1v) is 6.98. The molecule has 0 bridgehead atoms. The van der Waals surface area contributed by atoms with E-state index in [-0.39, 0.29) is 0 Å². The smallest absolute Gasteiger partial charge is 0.201 e. The first kappa shape index (κ1) is 12.7. The van der Waals surface area contributed by atoms with Crippen molar-refractivity contribution in [1.82, 2.24) is 9.55 Å². The number of imidazole rings is 1. The summed E-state index contributed by atoms with van der Waals surface area (Å²) in [6.45, 7) is 5.02. The van der Waals surface area contributed by atoms with Crippen LogP contribution in [-0.2, 0) is 13.0 Å². The van der Waals surface area contributed by atoms with E-state index in [2.05, 4.69) is 65.9 Å². The average Bonchev–Trinajstić information content (AvgIpc) is 2.75. The molecule has 0 amide bonds. The molecule has 0 radical (unpaired) electrons. The Balaban J connectivity index is 2.08. The van der Waals surface area contributed by atoms with Gasteiger partial charge in [0, 0.05) is 0 Å². The van der Waals surface area contributed by atoms with Crippen LogP contribution in [0.2, 0.25) is 0 Å². The Kier molecular flexibility index (Phi) is 3.18. The van der Waals surface area contributed by atoms with Gasteiger partial charge in [-0.25, -0.2) is 4.98 Å². The number of anilines is 1. The summed E-state index contributed by atoms with van der Waals surface area (Å²) in [5.41, 5.74) is 12.0. The van der Waals surface area contributed by atoms with Gasteiger partial charge in [-0.1, -0.05) is 37.3 Å². The molecule has 0 saturated heterocycles. The summed E-state index contributed by atoms with van der Waals surface area (Å²) in [6, 6.07) is 14.8. The molecule has 0 spiro atoms. The number of aromatic nitrogens is 2. The van der Waals surface area contributed by atoms with Crippen molar-refractivity contribution in [2.24, 2.45) is 0 Å². The molecule has 3 rings (SSSR count). The molecule has 0 fully saturated rings. The van der Waals surface area contributed by atoms with Crippen molar-refractivity contribution >= 4 is 17.0 Å². The lowest BCUT2D eigenvalue weighted by molar-refractivity contribution is 0.825. The van der Waals surface area contributed by atoms with Crippen molar-refractivity contribution in [3.05, 3.63) is 59.2 Å². The molecule has 0 aliphatic heterocycles. The van der Waals surface area contributed by atoms with Crippen LogP contribution in [0.25, 0.3) is 11.0 Å². The predicted molar refractivity (Wildman–Crippen MR) is 83.8 cm³/mol. The van der Waals surface area contributed by atoms with Crippen LogP contribution in [0.4, 0.5) is 5.95 Å². The Morgan fingerprint density at radius 2 is 1.85 bits per heavy atom. The third-order valence-electron chi connectivity index (χ3n) is 3.76. The quantitative estimate of drug-likeness (QED) is 0.787. The third kappa shape index (κ3) is 2.16. The molecule has 0 atom stereocenters. The number of aryl methyl sites for hydroxylation is 2. The maximum absolute atomic E-state index is 6.09. The Bertz CT molecular complexity index is 756. The van der Waals surface area contributed by atoms with E-state index >= 15 is 0 Å². The zero-order valence-corrected chi connectivity index (χ0v) is 11.9. The predicted octanol–water partition coefficient (Wildman–Crippen LogP) is 3.54. The number of benzene rings is 2. The summed E-state index contributed by atoms with van der Waals surface area (Å²) < 4.78 is 2.09. The van der Waals surface area contributed by atoms with E-state index in [0.717, 1.165) is 24.0 Å². The molecule has 0 aliphatic carbocycles. The fraction of sp³-hybridized carbons (Fsp3) is 0.235. The highest BCUT2D eigenvalue weighted by Gasteiger charge is 2.10. The maximum atomic E-state index is 6.09. The first-order chi connectivity index (χ1) is 9.69. The van der Waals surface area contributed by atoms with Gasteiger partial charge in [-0.3, -0.25) is 0 Å². The second kappa shape index (κ2) is 5.00. The lowest BCUT2D eigenvalue weighted by Crippen LogP contribution is -2.06. The van der Waals surface area contributed by atoms with Crippen molar-refractivity contribution in [3.8, 4) is 0 Å². The van der Waals surface area contributed by atoms with Crippen LogP contribution in [0.5, 0.6) is 0 Å². The third-order valence-corrected chi connectivity index (χ3v) is 3.76. The number of hydrogen-bond donors (Lipinski definition) is 1. The van der Waals surface area contributed by atoms with Gasteiger partial charge in [-0.15, -0.1) is 0 Å². The highest BCUT2D eigenvalue weighted by atomic mass is 15.1. The van der Waals surface area contributed by atoms with Gasteiger partial charge in [0.25, 0.3) is 0 Å². The molecular formula is C17H19N3. The zero-order valence-electron chi connectivity index (χ0n) is 11.9. The molecule has 102 valence electrons. The fourth-order valence-electron chi connectivity index (χ4n) is 2.65. The van der Waals surface area contributed by atoms with Crippen molar-refractivity contribution in [2.75, 3.05) is 5.73 Å². The van der Waals surface area contributed by atoms with Crippen molar-refractivity contribution in [1.29, 1.82) is 0 Å².